The summed E-state index contributed by atoms with van der Waals surface area (Å²) in [5, 5.41) is 4.46. The summed E-state index contributed by atoms with van der Waals surface area (Å²) in [4.78, 5) is 14.6. The predicted molar refractivity (Wildman–Crippen MR) is 97.1 cm³/mol. The van der Waals surface area contributed by atoms with Crippen LogP contribution in [0.4, 0.5) is 0 Å². The zero-order valence-corrected chi connectivity index (χ0v) is 15.2. The number of carbonyl (C=O) groups excluding carboxylic acids is 1. The van der Waals surface area contributed by atoms with Crippen molar-refractivity contribution < 1.29 is 4.79 Å². The number of carbonyl (C=O) groups is 1. The Kier molecular flexibility index (Phi) is 4.48. The van der Waals surface area contributed by atoms with Crippen LogP contribution in [0.15, 0.2) is 30.3 Å². The molecule has 1 amide bonds. The van der Waals surface area contributed by atoms with E-state index >= 15 is 0 Å². The number of benzene rings is 1. The fourth-order valence-electron chi connectivity index (χ4n) is 3.24. The highest BCUT2D eigenvalue weighted by Gasteiger charge is 2.22. The molecule has 1 aliphatic heterocycles. The second-order valence-corrected chi connectivity index (χ2v) is 7.72. The van der Waals surface area contributed by atoms with Gasteiger partial charge in [-0.1, -0.05) is 45.0 Å². The fourth-order valence-corrected chi connectivity index (χ4v) is 3.24. The number of piperidine rings is 1. The van der Waals surface area contributed by atoms with E-state index in [4.69, 9.17) is 0 Å². The largest absolute Gasteiger partial charge is 0.337 e. The summed E-state index contributed by atoms with van der Waals surface area (Å²) < 4.78 is 1.81. The first-order chi connectivity index (χ1) is 11.4. The van der Waals surface area contributed by atoms with Gasteiger partial charge in [-0.15, -0.1) is 0 Å². The predicted octanol–water partition coefficient (Wildman–Crippen LogP) is 4.01. The van der Waals surface area contributed by atoms with Gasteiger partial charge in [0, 0.05) is 20.1 Å². The van der Waals surface area contributed by atoms with Gasteiger partial charge in [0.25, 0.3) is 5.91 Å². The molecule has 0 atom stereocenters. The van der Waals surface area contributed by atoms with Gasteiger partial charge >= 0.3 is 0 Å². The third kappa shape index (κ3) is 3.37. The van der Waals surface area contributed by atoms with Crippen molar-refractivity contribution in [1.29, 1.82) is 0 Å². The van der Waals surface area contributed by atoms with Crippen molar-refractivity contribution in [2.75, 3.05) is 13.1 Å². The van der Waals surface area contributed by atoms with Crippen LogP contribution in [-0.4, -0.2) is 33.7 Å². The van der Waals surface area contributed by atoms with Gasteiger partial charge in [-0.05, 0) is 41.9 Å². The molecule has 0 bridgehead atoms. The van der Waals surface area contributed by atoms with E-state index in [-0.39, 0.29) is 11.3 Å². The molecule has 1 aromatic carbocycles. The first-order valence-corrected chi connectivity index (χ1v) is 8.80. The van der Waals surface area contributed by atoms with Crippen molar-refractivity contribution in [2.24, 2.45) is 7.05 Å². The number of aromatic nitrogens is 2. The lowest BCUT2D eigenvalue weighted by atomic mass is 9.86. The van der Waals surface area contributed by atoms with E-state index in [1.54, 1.807) is 0 Å². The van der Waals surface area contributed by atoms with Crippen LogP contribution >= 0.6 is 0 Å². The van der Waals surface area contributed by atoms with Crippen molar-refractivity contribution in [1.82, 2.24) is 14.7 Å². The Bertz CT molecular complexity index is 716. The number of hydrogen-bond acceptors (Lipinski definition) is 2. The van der Waals surface area contributed by atoms with E-state index in [9.17, 15) is 4.79 Å². The molecular formula is C20H27N3O. The summed E-state index contributed by atoms with van der Waals surface area (Å²) in [6, 6.07) is 10.5. The third-order valence-electron chi connectivity index (χ3n) is 4.79. The van der Waals surface area contributed by atoms with Crippen LogP contribution in [-0.2, 0) is 12.5 Å². The van der Waals surface area contributed by atoms with Gasteiger partial charge in [-0.2, -0.15) is 5.10 Å². The third-order valence-corrected chi connectivity index (χ3v) is 4.79. The first-order valence-electron chi connectivity index (χ1n) is 8.80. The number of aryl methyl sites for hydroxylation is 1. The average Bonchev–Trinajstić information content (AvgIpc) is 2.96. The second-order valence-electron chi connectivity index (χ2n) is 7.72. The maximum atomic E-state index is 12.6. The van der Waals surface area contributed by atoms with Crippen LogP contribution in [0.25, 0.3) is 11.3 Å². The average molecular weight is 325 g/mol. The quantitative estimate of drug-likeness (QED) is 0.836. The Morgan fingerprint density at radius 1 is 1.04 bits per heavy atom. The van der Waals surface area contributed by atoms with Gasteiger partial charge in [0.15, 0.2) is 5.69 Å². The normalized spacial score (nSPS) is 15.6. The molecule has 3 rings (SSSR count). The minimum Gasteiger partial charge on any atom is -0.337 e. The first kappa shape index (κ1) is 16.7. The van der Waals surface area contributed by atoms with Crippen molar-refractivity contribution in [3.05, 3.63) is 41.6 Å². The summed E-state index contributed by atoms with van der Waals surface area (Å²) in [7, 11) is 1.90. The smallest absolute Gasteiger partial charge is 0.274 e. The highest BCUT2D eigenvalue weighted by atomic mass is 16.2. The molecule has 0 unspecified atom stereocenters. The van der Waals surface area contributed by atoms with E-state index in [1.165, 1.54) is 12.0 Å². The summed E-state index contributed by atoms with van der Waals surface area (Å²) >= 11 is 0. The van der Waals surface area contributed by atoms with E-state index in [2.05, 4.69) is 50.1 Å². The van der Waals surface area contributed by atoms with E-state index in [0.29, 0.717) is 5.69 Å². The molecule has 1 aromatic heterocycles. The SMILES string of the molecule is Cn1nc(C(=O)N2CCCCC2)cc1-c1ccc(C(C)(C)C)cc1. The van der Waals surface area contributed by atoms with Crippen LogP contribution in [0.1, 0.15) is 56.1 Å². The standard InChI is InChI=1S/C20H27N3O/c1-20(2,3)16-10-8-15(9-11-16)18-14-17(21-22(18)4)19(24)23-12-6-5-7-13-23/h8-11,14H,5-7,12-13H2,1-4H3. The lowest BCUT2D eigenvalue weighted by Crippen LogP contribution is -2.35. The summed E-state index contributed by atoms with van der Waals surface area (Å²) in [5.74, 6) is 0.0582. The van der Waals surface area contributed by atoms with Crippen LogP contribution < -0.4 is 0 Å². The number of nitrogens with zero attached hydrogens (tertiary/aromatic N) is 3. The Labute approximate surface area is 144 Å². The van der Waals surface area contributed by atoms with Crippen LogP contribution in [0, 0.1) is 0 Å². The molecule has 2 heterocycles. The van der Waals surface area contributed by atoms with E-state index < -0.39 is 0 Å². The Balaban J connectivity index is 1.84. The zero-order valence-electron chi connectivity index (χ0n) is 15.2. The molecule has 1 fully saturated rings. The van der Waals surface area contributed by atoms with Gasteiger partial charge in [-0.3, -0.25) is 9.48 Å². The molecule has 128 valence electrons. The van der Waals surface area contributed by atoms with Gasteiger partial charge in [0.1, 0.15) is 0 Å². The van der Waals surface area contributed by atoms with E-state index in [1.807, 2.05) is 22.7 Å². The molecular weight excluding hydrogens is 298 g/mol. The summed E-state index contributed by atoms with van der Waals surface area (Å²) in [6.45, 7) is 8.33. The Hall–Kier alpha value is -2.10. The molecule has 24 heavy (non-hydrogen) atoms. The Morgan fingerprint density at radius 2 is 1.67 bits per heavy atom. The van der Waals surface area contributed by atoms with Gasteiger partial charge in [0.05, 0.1) is 5.69 Å². The molecule has 0 spiro atoms. The van der Waals surface area contributed by atoms with Crippen molar-refractivity contribution in [3.63, 3.8) is 0 Å². The molecule has 0 N–H and O–H groups in total. The fraction of sp³-hybridized carbons (Fsp3) is 0.500. The minimum atomic E-state index is 0.0582. The molecule has 0 aliphatic carbocycles. The number of likely N-dealkylation sites (tertiary alicyclic amines) is 1. The monoisotopic (exact) mass is 325 g/mol. The zero-order chi connectivity index (χ0) is 17.3. The highest BCUT2D eigenvalue weighted by Crippen LogP contribution is 2.26. The van der Waals surface area contributed by atoms with Crippen LogP contribution in [0.3, 0.4) is 0 Å². The van der Waals surface area contributed by atoms with E-state index in [0.717, 1.165) is 37.2 Å². The number of hydrogen-bond donors (Lipinski definition) is 0. The molecule has 1 aliphatic rings. The second kappa shape index (κ2) is 6.42. The minimum absolute atomic E-state index is 0.0582. The van der Waals surface area contributed by atoms with Gasteiger partial charge < -0.3 is 4.90 Å². The van der Waals surface area contributed by atoms with Crippen molar-refractivity contribution >= 4 is 5.91 Å². The van der Waals surface area contributed by atoms with Crippen LogP contribution in [0.5, 0.6) is 0 Å². The highest BCUT2D eigenvalue weighted by molar-refractivity contribution is 5.93. The lowest BCUT2D eigenvalue weighted by Gasteiger charge is -2.25. The van der Waals surface area contributed by atoms with Crippen LogP contribution in [0.2, 0.25) is 0 Å². The molecule has 0 radical (unpaired) electrons. The molecule has 0 saturated carbocycles. The van der Waals surface area contributed by atoms with Gasteiger partial charge in [-0.25, -0.2) is 0 Å². The maximum absolute atomic E-state index is 12.6. The summed E-state index contributed by atoms with van der Waals surface area (Å²) in [6.07, 6.45) is 3.41. The molecule has 1 saturated heterocycles. The number of rotatable bonds is 2. The summed E-state index contributed by atoms with van der Waals surface area (Å²) in [5.41, 5.74) is 4.07. The number of amides is 1. The lowest BCUT2D eigenvalue weighted by molar-refractivity contribution is 0.0717. The topological polar surface area (TPSA) is 38.1 Å². The molecule has 4 heteroatoms. The van der Waals surface area contributed by atoms with Crippen molar-refractivity contribution in [2.45, 2.75) is 45.4 Å². The van der Waals surface area contributed by atoms with Crippen molar-refractivity contribution in [3.8, 4) is 11.3 Å². The van der Waals surface area contributed by atoms with Gasteiger partial charge in [0.2, 0.25) is 0 Å². The Morgan fingerprint density at radius 3 is 2.25 bits per heavy atom. The maximum Gasteiger partial charge on any atom is 0.274 e. The molecule has 4 nitrogen and oxygen atoms in total. The molecule has 2 aromatic rings.